The molecule has 1 saturated heterocycles. The van der Waals surface area contributed by atoms with Crippen molar-refractivity contribution in [2.75, 3.05) is 13.7 Å². The van der Waals surface area contributed by atoms with Crippen molar-refractivity contribution in [3.8, 4) is 5.75 Å². The van der Waals surface area contributed by atoms with Crippen LogP contribution in [0.3, 0.4) is 0 Å². The molecule has 0 spiro atoms. The van der Waals surface area contributed by atoms with Gasteiger partial charge in [0.2, 0.25) is 0 Å². The number of ether oxygens (including phenoxy) is 1. The van der Waals surface area contributed by atoms with Crippen LogP contribution in [0.5, 0.6) is 5.75 Å². The summed E-state index contributed by atoms with van der Waals surface area (Å²) in [7, 11) is 1.73. The summed E-state index contributed by atoms with van der Waals surface area (Å²) in [4.78, 5) is 0. The lowest BCUT2D eigenvalue weighted by molar-refractivity contribution is 0.403. The summed E-state index contributed by atoms with van der Waals surface area (Å²) >= 11 is 0. The first-order chi connectivity index (χ1) is 6.42. The second-order valence-corrected chi connectivity index (χ2v) is 3.39. The van der Waals surface area contributed by atoms with Gasteiger partial charge in [-0.3, -0.25) is 0 Å². The molecule has 1 unspecified atom stereocenters. The summed E-state index contributed by atoms with van der Waals surface area (Å²) < 4.78 is 5.32. The molecule has 1 aromatic rings. The Hall–Kier alpha value is -1.02. The highest BCUT2D eigenvalue weighted by Crippen LogP contribution is 2.30. The van der Waals surface area contributed by atoms with E-state index in [4.69, 9.17) is 4.74 Å². The van der Waals surface area contributed by atoms with Crippen molar-refractivity contribution < 1.29 is 4.74 Å². The molecule has 1 aliphatic heterocycles. The van der Waals surface area contributed by atoms with Crippen LogP contribution in [0.2, 0.25) is 0 Å². The molecule has 2 nitrogen and oxygen atoms in total. The summed E-state index contributed by atoms with van der Waals surface area (Å²) in [6.07, 6.45) is 2.49. The van der Waals surface area contributed by atoms with Crippen molar-refractivity contribution in [1.29, 1.82) is 0 Å². The van der Waals surface area contributed by atoms with E-state index in [0.717, 1.165) is 12.3 Å². The highest BCUT2D eigenvalue weighted by Gasteiger charge is 2.18. The second-order valence-electron chi connectivity index (χ2n) is 3.39. The molecule has 2 rings (SSSR count). The smallest absolute Gasteiger partial charge is 0.123 e. The van der Waals surface area contributed by atoms with Crippen LogP contribution in [0.15, 0.2) is 24.3 Å². The zero-order chi connectivity index (χ0) is 9.10. The first-order valence-electron chi connectivity index (χ1n) is 4.78. The predicted molar refractivity (Wildman–Crippen MR) is 53.0 cm³/mol. The van der Waals surface area contributed by atoms with Gasteiger partial charge in [-0.1, -0.05) is 18.2 Å². The van der Waals surface area contributed by atoms with Gasteiger partial charge < -0.3 is 10.1 Å². The number of benzene rings is 1. The van der Waals surface area contributed by atoms with Crippen molar-refractivity contribution >= 4 is 0 Å². The van der Waals surface area contributed by atoms with Crippen LogP contribution in [0.1, 0.15) is 24.4 Å². The fraction of sp³-hybridized carbons (Fsp3) is 0.455. The molecule has 0 radical (unpaired) electrons. The van der Waals surface area contributed by atoms with E-state index >= 15 is 0 Å². The van der Waals surface area contributed by atoms with Gasteiger partial charge in [0.15, 0.2) is 0 Å². The third-order valence-electron chi connectivity index (χ3n) is 2.57. The number of rotatable bonds is 2. The minimum absolute atomic E-state index is 0.496. The Bertz CT molecular complexity index is 279. The Morgan fingerprint density at radius 2 is 2.23 bits per heavy atom. The van der Waals surface area contributed by atoms with Crippen LogP contribution in [-0.2, 0) is 0 Å². The van der Waals surface area contributed by atoms with E-state index < -0.39 is 0 Å². The summed E-state index contributed by atoms with van der Waals surface area (Å²) in [5.74, 6) is 1.00. The van der Waals surface area contributed by atoms with Gasteiger partial charge in [-0.15, -0.1) is 0 Å². The molecule has 70 valence electrons. The molecule has 1 fully saturated rings. The van der Waals surface area contributed by atoms with Crippen LogP contribution in [-0.4, -0.2) is 13.7 Å². The molecule has 1 aromatic carbocycles. The Morgan fingerprint density at radius 1 is 1.38 bits per heavy atom. The van der Waals surface area contributed by atoms with Gasteiger partial charge in [-0.25, -0.2) is 0 Å². The molecular formula is C11H15NO. The Morgan fingerprint density at radius 3 is 2.92 bits per heavy atom. The maximum Gasteiger partial charge on any atom is 0.123 e. The molecule has 1 aliphatic rings. The molecule has 2 heteroatoms. The van der Waals surface area contributed by atoms with Crippen LogP contribution in [0.4, 0.5) is 0 Å². The van der Waals surface area contributed by atoms with Crippen molar-refractivity contribution in [1.82, 2.24) is 5.32 Å². The fourth-order valence-electron chi connectivity index (χ4n) is 1.90. The second kappa shape index (κ2) is 3.79. The highest BCUT2D eigenvalue weighted by atomic mass is 16.5. The van der Waals surface area contributed by atoms with Gasteiger partial charge >= 0.3 is 0 Å². The van der Waals surface area contributed by atoms with Crippen LogP contribution in [0.25, 0.3) is 0 Å². The minimum Gasteiger partial charge on any atom is -0.496 e. The average Bonchev–Trinajstić information content (AvgIpc) is 2.70. The van der Waals surface area contributed by atoms with E-state index in [-0.39, 0.29) is 0 Å². The van der Waals surface area contributed by atoms with E-state index in [1.54, 1.807) is 7.11 Å². The zero-order valence-corrected chi connectivity index (χ0v) is 7.92. The molecule has 1 atom stereocenters. The van der Waals surface area contributed by atoms with Crippen molar-refractivity contribution in [3.05, 3.63) is 29.8 Å². The maximum absolute atomic E-state index is 5.32. The van der Waals surface area contributed by atoms with E-state index in [9.17, 15) is 0 Å². The predicted octanol–water partition coefficient (Wildman–Crippen LogP) is 2.12. The molecule has 0 aliphatic carbocycles. The average molecular weight is 177 g/mol. The standard InChI is InChI=1S/C11H15NO/c1-13-11-7-3-2-5-9(11)10-6-4-8-12-10/h2-3,5,7,10,12H,4,6,8H2,1H3. The highest BCUT2D eigenvalue weighted by molar-refractivity contribution is 5.36. The van der Waals surface area contributed by atoms with Crippen molar-refractivity contribution in [3.63, 3.8) is 0 Å². The summed E-state index contributed by atoms with van der Waals surface area (Å²) in [6, 6.07) is 8.74. The monoisotopic (exact) mass is 177 g/mol. The Kier molecular flexibility index (Phi) is 2.50. The Balaban J connectivity index is 2.26. The van der Waals surface area contributed by atoms with E-state index in [0.29, 0.717) is 6.04 Å². The summed E-state index contributed by atoms with van der Waals surface area (Å²) in [5, 5.41) is 3.47. The number of nitrogens with one attached hydrogen (secondary N) is 1. The van der Waals surface area contributed by atoms with Gasteiger partial charge in [-0.2, -0.15) is 0 Å². The van der Waals surface area contributed by atoms with Crippen molar-refractivity contribution in [2.24, 2.45) is 0 Å². The summed E-state index contributed by atoms with van der Waals surface area (Å²) in [5.41, 5.74) is 1.29. The third-order valence-corrected chi connectivity index (χ3v) is 2.57. The SMILES string of the molecule is COc1ccccc1C1CCCN1. The lowest BCUT2D eigenvalue weighted by Gasteiger charge is -2.14. The minimum atomic E-state index is 0.496. The van der Waals surface area contributed by atoms with E-state index in [1.165, 1.54) is 18.4 Å². The van der Waals surface area contributed by atoms with Gasteiger partial charge in [-0.05, 0) is 25.5 Å². The van der Waals surface area contributed by atoms with Crippen LogP contribution >= 0.6 is 0 Å². The molecular weight excluding hydrogens is 162 g/mol. The molecule has 0 amide bonds. The third kappa shape index (κ3) is 1.68. The molecule has 0 saturated carbocycles. The molecule has 1 heterocycles. The van der Waals surface area contributed by atoms with Gasteiger partial charge in [0.1, 0.15) is 5.75 Å². The lowest BCUT2D eigenvalue weighted by Crippen LogP contribution is -2.13. The first kappa shape index (κ1) is 8.57. The number of hydrogen-bond donors (Lipinski definition) is 1. The zero-order valence-electron chi connectivity index (χ0n) is 7.92. The van der Waals surface area contributed by atoms with E-state index in [2.05, 4.69) is 17.4 Å². The van der Waals surface area contributed by atoms with Gasteiger partial charge in [0, 0.05) is 11.6 Å². The fourth-order valence-corrected chi connectivity index (χ4v) is 1.90. The number of methoxy groups -OCH3 is 1. The molecule has 1 N–H and O–H groups in total. The van der Waals surface area contributed by atoms with Gasteiger partial charge in [0.25, 0.3) is 0 Å². The topological polar surface area (TPSA) is 21.3 Å². The molecule has 0 aromatic heterocycles. The van der Waals surface area contributed by atoms with Crippen molar-refractivity contribution in [2.45, 2.75) is 18.9 Å². The van der Waals surface area contributed by atoms with Crippen LogP contribution < -0.4 is 10.1 Å². The summed E-state index contributed by atoms with van der Waals surface area (Å²) in [6.45, 7) is 1.13. The van der Waals surface area contributed by atoms with E-state index in [1.807, 2.05) is 12.1 Å². The largest absolute Gasteiger partial charge is 0.496 e. The number of para-hydroxylation sites is 1. The molecule has 13 heavy (non-hydrogen) atoms. The lowest BCUT2D eigenvalue weighted by atomic mass is 10.0. The maximum atomic E-state index is 5.32. The van der Waals surface area contributed by atoms with Crippen LogP contribution in [0, 0.1) is 0 Å². The Labute approximate surface area is 78.9 Å². The first-order valence-corrected chi connectivity index (χ1v) is 4.78. The number of hydrogen-bond acceptors (Lipinski definition) is 2. The van der Waals surface area contributed by atoms with Gasteiger partial charge in [0.05, 0.1) is 7.11 Å². The molecule has 0 bridgehead atoms. The quantitative estimate of drug-likeness (QED) is 0.747. The normalized spacial score (nSPS) is 21.8.